The lowest BCUT2D eigenvalue weighted by Gasteiger charge is -2.38. The Hall–Kier alpha value is -1.50. The fourth-order valence-electron chi connectivity index (χ4n) is 3.79. The molecule has 0 spiro atoms. The van der Waals surface area contributed by atoms with Crippen LogP contribution in [-0.2, 0) is 4.79 Å². The summed E-state index contributed by atoms with van der Waals surface area (Å²) in [5.41, 5.74) is 0.111. The maximum absolute atomic E-state index is 12.3. The standard InChI is InChI=1S/C15H18N2O4.ClH/c1-16-9-6-7-12(16)14(13(18)8-9)15(19)10-4-2-3-5-11(10)17(20)21;/h2-5,9,12,14-15,19H,6-8H2,1H3;1H. The van der Waals surface area contributed by atoms with Crippen molar-refractivity contribution < 1.29 is 14.8 Å². The Labute approximate surface area is 134 Å². The van der Waals surface area contributed by atoms with Gasteiger partial charge in [0, 0.05) is 24.6 Å². The summed E-state index contributed by atoms with van der Waals surface area (Å²) < 4.78 is 0. The number of carbonyl (C=O) groups excluding carboxylic acids is 1. The molecule has 1 N–H and O–H groups in total. The third-order valence-electron chi connectivity index (χ3n) is 4.91. The molecule has 3 rings (SSSR count). The predicted molar refractivity (Wildman–Crippen MR) is 83.0 cm³/mol. The van der Waals surface area contributed by atoms with Gasteiger partial charge in [-0.15, -0.1) is 12.4 Å². The Balaban J connectivity index is 0.00000176. The first-order valence-corrected chi connectivity index (χ1v) is 7.16. The second-order valence-electron chi connectivity index (χ2n) is 5.92. The fraction of sp³-hybridized carbons (Fsp3) is 0.533. The summed E-state index contributed by atoms with van der Waals surface area (Å²) in [4.78, 5) is 25.1. The molecule has 4 atom stereocenters. The monoisotopic (exact) mass is 326 g/mol. The molecular formula is C15H19ClN2O4. The van der Waals surface area contributed by atoms with E-state index in [1.807, 2.05) is 7.05 Å². The average molecular weight is 327 g/mol. The van der Waals surface area contributed by atoms with Crippen molar-refractivity contribution in [3.8, 4) is 0 Å². The first-order chi connectivity index (χ1) is 10.0. The number of aliphatic hydroxyl groups excluding tert-OH is 1. The van der Waals surface area contributed by atoms with Crippen molar-refractivity contribution in [2.45, 2.75) is 37.5 Å². The third kappa shape index (κ3) is 2.62. The van der Waals surface area contributed by atoms with Gasteiger partial charge < -0.3 is 5.11 Å². The van der Waals surface area contributed by atoms with E-state index in [4.69, 9.17) is 0 Å². The molecule has 22 heavy (non-hydrogen) atoms. The number of hydrogen-bond donors (Lipinski definition) is 1. The first kappa shape index (κ1) is 16.9. The molecule has 2 heterocycles. The smallest absolute Gasteiger partial charge is 0.275 e. The summed E-state index contributed by atoms with van der Waals surface area (Å²) in [5.74, 6) is -0.555. The number of nitro benzene ring substituents is 1. The molecule has 0 amide bonds. The van der Waals surface area contributed by atoms with Crippen LogP contribution in [0, 0.1) is 16.0 Å². The highest BCUT2D eigenvalue weighted by Gasteiger charge is 2.48. The van der Waals surface area contributed by atoms with E-state index >= 15 is 0 Å². The normalized spacial score (nSPS) is 29.0. The summed E-state index contributed by atoms with van der Waals surface area (Å²) in [6.45, 7) is 0. The number of aliphatic hydroxyl groups is 1. The van der Waals surface area contributed by atoms with Crippen molar-refractivity contribution in [3.63, 3.8) is 0 Å². The highest BCUT2D eigenvalue weighted by Crippen LogP contribution is 2.43. The number of para-hydroxylation sites is 1. The van der Waals surface area contributed by atoms with Crippen LogP contribution in [0.2, 0.25) is 0 Å². The number of halogens is 1. The lowest BCUT2D eigenvalue weighted by atomic mass is 9.81. The predicted octanol–water partition coefficient (Wildman–Crippen LogP) is 2.10. The molecule has 2 aliphatic heterocycles. The van der Waals surface area contributed by atoms with E-state index in [2.05, 4.69) is 4.90 Å². The quantitative estimate of drug-likeness (QED) is 0.679. The summed E-state index contributed by atoms with van der Waals surface area (Å²) in [7, 11) is 1.97. The average Bonchev–Trinajstić information content (AvgIpc) is 2.71. The summed E-state index contributed by atoms with van der Waals surface area (Å²) in [6, 6.07) is 6.36. The van der Waals surface area contributed by atoms with Crippen molar-refractivity contribution in [3.05, 3.63) is 39.9 Å². The molecule has 2 bridgehead atoms. The van der Waals surface area contributed by atoms with Gasteiger partial charge in [0.25, 0.3) is 5.69 Å². The molecule has 2 fully saturated rings. The number of Topliss-reactive ketones (excluding diaryl/α,β-unsaturated/α-hetero) is 1. The van der Waals surface area contributed by atoms with Crippen molar-refractivity contribution in [1.29, 1.82) is 0 Å². The van der Waals surface area contributed by atoms with Gasteiger partial charge in [0.15, 0.2) is 0 Å². The van der Waals surface area contributed by atoms with Gasteiger partial charge in [0.05, 0.1) is 22.5 Å². The molecule has 0 saturated carbocycles. The van der Waals surface area contributed by atoms with Gasteiger partial charge in [-0.05, 0) is 26.0 Å². The molecule has 4 unspecified atom stereocenters. The van der Waals surface area contributed by atoms with E-state index in [1.54, 1.807) is 12.1 Å². The zero-order valence-corrected chi connectivity index (χ0v) is 13.0. The first-order valence-electron chi connectivity index (χ1n) is 7.16. The molecule has 120 valence electrons. The number of nitrogens with zero attached hydrogens (tertiary/aromatic N) is 2. The number of benzene rings is 1. The van der Waals surface area contributed by atoms with Crippen molar-refractivity contribution in [1.82, 2.24) is 4.90 Å². The highest BCUT2D eigenvalue weighted by atomic mass is 35.5. The Kier molecular flexibility index (Phi) is 4.84. The number of carbonyl (C=O) groups is 1. The van der Waals surface area contributed by atoms with Crippen molar-refractivity contribution in [2.24, 2.45) is 5.92 Å². The molecule has 0 radical (unpaired) electrons. The summed E-state index contributed by atoms with van der Waals surface area (Å²) in [5, 5.41) is 21.7. The number of piperidine rings is 1. The van der Waals surface area contributed by atoms with Gasteiger partial charge in [-0.3, -0.25) is 19.8 Å². The zero-order chi connectivity index (χ0) is 15.1. The molecule has 1 aromatic rings. The van der Waals surface area contributed by atoms with Crippen molar-refractivity contribution >= 4 is 23.9 Å². The van der Waals surface area contributed by atoms with Crippen LogP contribution < -0.4 is 0 Å². The van der Waals surface area contributed by atoms with E-state index in [0.717, 1.165) is 12.8 Å². The molecule has 2 aliphatic rings. The third-order valence-corrected chi connectivity index (χ3v) is 4.91. The van der Waals surface area contributed by atoms with Crippen LogP contribution in [0.1, 0.15) is 30.9 Å². The number of fused-ring (bicyclic) bond motifs is 2. The second kappa shape index (κ2) is 6.32. The number of hydrogen-bond acceptors (Lipinski definition) is 5. The lowest BCUT2D eigenvalue weighted by molar-refractivity contribution is -0.386. The van der Waals surface area contributed by atoms with E-state index in [9.17, 15) is 20.0 Å². The molecule has 0 aliphatic carbocycles. The van der Waals surface area contributed by atoms with Crippen LogP contribution in [0.15, 0.2) is 24.3 Å². The van der Waals surface area contributed by atoms with Crippen molar-refractivity contribution in [2.75, 3.05) is 7.05 Å². The maximum Gasteiger partial charge on any atom is 0.275 e. The van der Waals surface area contributed by atoms with Gasteiger partial charge >= 0.3 is 0 Å². The van der Waals surface area contributed by atoms with Gasteiger partial charge in [0.2, 0.25) is 0 Å². The van der Waals surface area contributed by atoms with Gasteiger partial charge in [0.1, 0.15) is 5.78 Å². The Morgan fingerprint density at radius 2 is 2.05 bits per heavy atom. The molecule has 1 aromatic carbocycles. The minimum absolute atomic E-state index is 0. The van der Waals surface area contributed by atoms with E-state index in [1.165, 1.54) is 12.1 Å². The Bertz CT molecular complexity index is 595. The highest BCUT2D eigenvalue weighted by molar-refractivity contribution is 5.85. The van der Waals surface area contributed by atoms with Crippen LogP contribution in [-0.4, -0.2) is 39.8 Å². The molecule has 2 saturated heterocycles. The number of nitro groups is 1. The Morgan fingerprint density at radius 1 is 1.36 bits per heavy atom. The van der Waals surface area contributed by atoms with Crippen LogP contribution in [0.5, 0.6) is 0 Å². The van der Waals surface area contributed by atoms with E-state index in [0.29, 0.717) is 6.42 Å². The fourth-order valence-corrected chi connectivity index (χ4v) is 3.79. The molecule has 6 nitrogen and oxygen atoms in total. The second-order valence-corrected chi connectivity index (χ2v) is 5.92. The summed E-state index contributed by atoms with van der Waals surface area (Å²) >= 11 is 0. The molecule has 0 aromatic heterocycles. The minimum Gasteiger partial charge on any atom is -0.387 e. The van der Waals surface area contributed by atoms with Crippen LogP contribution in [0.3, 0.4) is 0 Å². The van der Waals surface area contributed by atoms with Crippen LogP contribution in [0.4, 0.5) is 5.69 Å². The van der Waals surface area contributed by atoms with E-state index < -0.39 is 16.9 Å². The molecule has 7 heteroatoms. The largest absolute Gasteiger partial charge is 0.387 e. The van der Waals surface area contributed by atoms with Gasteiger partial charge in [-0.1, -0.05) is 12.1 Å². The molecular weight excluding hydrogens is 308 g/mol. The Morgan fingerprint density at radius 3 is 2.73 bits per heavy atom. The number of ketones is 1. The van der Waals surface area contributed by atoms with Gasteiger partial charge in [-0.2, -0.15) is 0 Å². The number of rotatable bonds is 3. The van der Waals surface area contributed by atoms with E-state index in [-0.39, 0.29) is 41.5 Å². The topological polar surface area (TPSA) is 83.7 Å². The maximum atomic E-state index is 12.3. The lowest BCUT2D eigenvalue weighted by Crippen LogP contribution is -2.49. The van der Waals surface area contributed by atoms with Gasteiger partial charge in [-0.25, -0.2) is 0 Å². The minimum atomic E-state index is -1.12. The van der Waals surface area contributed by atoms with Crippen LogP contribution in [0.25, 0.3) is 0 Å². The SMILES string of the molecule is CN1C2CCC1C(C(O)c1ccccc1[N+](=O)[O-])C(=O)C2.Cl. The summed E-state index contributed by atoms with van der Waals surface area (Å²) in [6.07, 6.45) is 1.11. The zero-order valence-electron chi connectivity index (χ0n) is 12.2. The van der Waals surface area contributed by atoms with Crippen LogP contribution >= 0.6 is 12.4 Å².